The van der Waals surface area contributed by atoms with Crippen LogP contribution in [-0.4, -0.2) is 61.7 Å². The van der Waals surface area contributed by atoms with E-state index in [0.29, 0.717) is 18.5 Å². The van der Waals surface area contributed by atoms with Crippen LogP contribution in [0.1, 0.15) is 62.9 Å². The Hall–Kier alpha value is -3.19. The fraction of sp³-hybridized carbons (Fsp3) is 0.464. The molecule has 2 aromatic carbocycles. The van der Waals surface area contributed by atoms with Gasteiger partial charge in [0.1, 0.15) is 0 Å². The number of carbonyl (C=O) groups is 2. The maximum atomic E-state index is 12.9. The van der Waals surface area contributed by atoms with Gasteiger partial charge in [0.15, 0.2) is 0 Å². The first-order valence-electron chi connectivity index (χ1n) is 12.8. The van der Waals surface area contributed by atoms with E-state index in [9.17, 15) is 9.59 Å². The lowest BCUT2D eigenvalue weighted by atomic mass is 10.1. The van der Waals surface area contributed by atoms with E-state index in [2.05, 4.69) is 65.5 Å². The summed E-state index contributed by atoms with van der Waals surface area (Å²) in [5, 5.41) is 7.16. The molecule has 2 aromatic rings. The van der Waals surface area contributed by atoms with Crippen molar-refractivity contribution in [2.45, 2.75) is 53.0 Å². The molecule has 2 rings (SSSR count). The second-order valence-corrected chi connectivity index (χ2v) is 8.35. The van der Waals surface area contributed by atoms with Crippen molar-refractivity contribution in [2.24, 2.45) is 5.10 Å². The van der Waals surface area contributed by atoms with Crippen LogP contribution < -0.4 is 15.6 Å². The second-order valence-electron chi connectivity index (χ2n) is 8.35. The monoisotopic (exact) mass is 479 g/mol. The number of hydrogen-bond donors (Lipinski definition) is 2. The zero-order chi connectivity index (χ0) is 25.5. The summed E-state index contributed by atoms with van der Waals surface area (Å²) in [6.07, 6.45) is 4.04. The van der Waals surface area contributed by atoms with Crippen LogP contribution in [0.15, 0.2) is 59.7 Å². The molecule has 0 saturated heterocycles. The van der Waals surface area contributed by atoms with Gasteiger partial charge in [0, 0.05) is 30.9 Å². The molecule has 2 amide bonds. The number of anilines is 1. The Bertz CT molecular complexity index is 907. The van der Waals surface area contributed by atoms with Gasteiger partial charge < -0.3 is 10.2 Å². The largest absolute Gasteiger partial charge is 0.372 e. The molecule has 0 spiro atoms. The summed E-state index contributed by atoms with van der Waals surface area (Å²) in [4.78, 5) is 29.5. The molecule has 190 valence electrons. The molecule has 0 aliphatic heterocycles. The third-order valence-electron chi connectivity index (χ3n) is 6.19. The molecule has 0 aromatic heterocycles. The van der Waals surface area contributed by atoms with E-state index in [-0.39, 0.29) is 17.9 Å². The van der Waals surface area contributed by atoms with Gasteiger partial charge in [-0.3, -0.25) is 14.5 Å². The summed E-state index contributed by atoms with van der Waals surface area (Å²) in [7, 11) is 0. The van der Waals surface area contributed by atoms with Crippen LogP contribution in [0.2, 0.25) is 0 Å². The predicted octanol–water partition coefficient (Wildman–Crippen LogP) is 4.29. The van der Waals surface area contributed by atoms with Crippen LogP contribution in [-0.2, 0) is 4.79 Å². The van der Waals surface area contributed by atoms with Crippen molar-refractivity contribution in [3.63, 3.8) is 0 Å². The molecule has 0 heterocycles. The van der Waals surface area contributed by atoms with E-state index in [0.717, 1.165) is 44.6 Å². The first kappa shape index (κ1) is 28.1. The Labute approximate surface area is 210 Å². The van der Waals surface area contributed by atoms with Crippen LogP contribution in [0.5, 0.6) is 0 Å². The number of carbonyl (C=O) groups excluding carboxylic acids is 2. The van der Waals surface area contributed by atoms with Crippen molar-refractivity contribution < 1.29 is 9.59 Å². The Kier molecular flexibility index (Phi) is 12.6. The van der Waals surface area contributed by atoms with E-state index >= 15 is 0 Å². The minimum absolute atomic E-state index is 0.0666. The number of hydrogen-bond acceptors (Lipinski definition) is 5. The van der Waals surface area contributed by atoms with Crippen LogP contribution in [0.3, 0.4) is 0 Å². The smallest absolute Gasteiger partial charge is 0.257 e. The Balaban J connectivity index is 1.84. The first-order chi connectivity index (χ1) is 17.0. The highest BCUT2D eigenvalue weighted by Crippen LogP contribution is 2.14. The molecular formula is C28H41N5O2. The number of benzene rings is 2. The topological polar surface area (TPSA) is 77.0 Å². The summed E-state index contributed by atoms with van der Waals surface area (Å²) < 4.78 is 0. The second kappa shape index (κ2) is 15.7. The fourth-order valence-corrected chi connectivity index (χ4v) is 4.10. The standard InChI is InChI=1S/C28H41N5O2/c1-5-32(6-2)25-19-17-23(18-20-25)22-30-31-28(35)26(33(7-3)8-4)16-12-13-21-29-27(34)24-14-10-9-11-15-24/h9-11,14-15,17-20,22,26H,5-8,12-13,16,21H2,1-4H3,(H,29,34)(H,31,35)/b30-22+/t26-/m1/s1. The van der Waals surface area contributed by atoms with Gasteiger partial charge in [-0.2, -0.15) is 5.10 Å². The summed E-state index contributed by atoms with van der Waals surface area (Å²) in [6, 6.07) is 17.1. The molecule has 0 aliphatic carbocycles. The SMILES string of the molecule is CCN(CC)c1ccc(/C=N/NC(=O)[C@@H](CCCCNC(=O)c2ccccc2)N(CC)CC)cc1. The molecule has 7 heteroatoms. The maximum absolute atomic E-state index is 12.9. The molecule has 0 saturated carbocycles. The highest BCUT2D eigenvalue weighted by atomic mass is 16.2. The molecule has 0 fully saturated rings. The number of amides is 2. The van der Waals surface area contributed by atoms with Gasteiger partial charge in [-0.15, -0.1) is 0 Å². The van der Waals surface area contributed by atoms with Crippen LogP contribution in [0, 0.1) is 0 Å². The van der Waals surface area contributed by atoms with Gasteiger partial charge in [0.05, 0.1) is 12.3 Å². The van der Waals surface area contributed by atoms with Crippen molar-refractivity contribution in [2.75, 3.05) is 37.6 Å². The number of nitrogens with zero attached hydrogens (tertiary/aromatic N) is 3. The van der Waals surface area contributed by atoms with E-state index in [1.807, 2.05) is 30.3 Å². The van der Waals surface area contributed by atoms with Crippen LogP contribution in [0.4, 0.5) is 5.69 Å². The van der Waals surface area contributed by atoms with Crippen molar-refractivity contribution in [3.05, 3.63) is 65.7 Å². The summed E-state index contributed by atoms with van der Waals surface area (Å²) in [6.45, 7) is 12.5. The number of likely N-dealkylation sites (N-methyl/N-ethyl adjacent to an activating group) is 1. The molecule has 0 unspecified atom stereocenters. The Morgan fingerprint density at radius 2 is 1.54 bits per heavy atom. The molecule has 0 radical (unpaired) electrons. The van der Waals surface area contributed by atoms with Gasteiger partial charge in [-0.05, 0) is 76.0 Å². The molecule has 2 N–H and O–H groups in total. The highest BCUT2D eigenvalue weighted by molar-refractivity contribution is 5.94. The number of rotatable bonds is 15. The van der Waals surface area contributed by atoms with Gasteiger partial charge in [0.2, 0.25) is 0 Å². The maximum Gasteiger partial charge on any atom is 0.257 e. The minimum atomic E-state index is -0.253. The fourth-order valence-electron chi connectivity index (χ4n) is 4.10. The lowest BCUT2D eigenvalue weighted by molar-refractivity contribution is -0.126. The van der Waals surface area contributed by atoms with Crippen molar-refractivity contribution in [1.29, 1.82) is 0 Å². The van der Waals surface area contributed by atoms with Gasteiger partial charge in [-0.25, -0.2) is 5.43 Å². The van der Waals surface area contributed by atoms with E-state index in [1.54, 1.807) is 18.3 Å². The average molecular weight is 480 g/mol. The van der Waals surface area contributed by atoms with E-state index in [1.165, 1.54) is 5.69 Å². The van der Waals surface area contributed by atoms with Gasteiger partial charge in [-0.1, -0.05) is 44.2 Å². The third kappa shape index (κ3) is 9.17. The zero-order valence-corrected chi connectivity index (χ0v) is 21.7. The molecule has 1 atom stereocenters. The minimum Gasteiger partial charge on any atom is -0.372 e. The summed E-state index contributed by atoms with van der Waals surface area (Å²) in [5.41, 5.74) is 5.51. The molecule has 35 heavy (non-hydrogen) atoms. The van der Waals surface area contributed by atoms with Crippen LogP contribution >= 0.6 is 0 Å². The van der Waals surface area contributed by atoms with E-state index < -0.39 is 0 Å². The predicted molar refractivity (Wildman–Crippen MR) is 145 cm³/mol. The van der Waals surface area contributed by atoms with Gasteiger partial charge >= 0.3 is 0 Å². The Morgan fingerprint density at radius 1 is 0.886 bits per heavy atom. The number of unbranched alkanes of at least 4 members (excludes halogenated alkanes) is 1. The quantitative estimate of drug-likeness (QED) is 0.227. The van der Waals surface area contributed by atoms with Crippen molar-refractivity contribution in [3.8, 4) is 0 Å². The van der Waals surface area contributed by atoms with Crippen molar-refractivity contribution in [1.82, 2.24) is 15.6 Å². The van der Waals surface area contributed by atoms with Gasteiger partial charge in [0.25, 0.3) is 11.8 Å². The molecule has 0 bridgehead atoms. The van der Waals surface area contributed by atoms with E-state index in [4.69, 9.17) is 0 Å². The molecule has 0 aliphatic rings. The number of hydrazone groups is 1. The molecule has 7 nitrogen and oxygen atoms in total. The molecular weight excluding hydrogens is 438 g/mol. The normalized spacial score (nSPS) is 12.0. The lowest BCUT2D eigenvalue weighted by Gasteiger charge is -2.28. The summed E-state index contributed by atoms with van der Waals surface area (Å²) >= 11 is 0. The summed E-state index contributed by atoms with van der Waals surface area (Å²) in [5.74, 6) is -0.166. The average Bonchev–Trinajstić information content (AvgIpc) is 2.89. The Morgan fingerprint density at radius 3 is 2.14 bits per heavy atom. The highest BCUT2D eigenvalue weighted by Gasteiger charge is 2.23. The number of nitrogens with one attached hydrogen (secondary N) is 2. The lowest BCUT2D eigenvalue weighted by Crippen LogP contribution is -2.45. The third-order valence-corrected chi connectivity index (χ3v) is 6.19. The van der Waals surface area contributed by atoms with Crippen LogP contribution in [0.25, 0.3) is 0 Å². The zero-order valence-electron chi connectivity index (χ0n) is 21.7. The first-order valence-corrected chi connectivity index (χ1v) is 12.8. The van der Waals surface area contributed by atoms with Crippen molar-refractivity contribution >= 4 is 23.7 Å².